The van der Waals surface area contributed by atoms with Crippen LogP contribution in [-0.2, 0) is 0 Å². The van der Waals surface area contributed by atoms with E-state index >= 15 is 0 Å². The first-order valence-corrected chi connectivity index (χ1v) is 8.59. The molecular weight excluding hydrogens is 232 g/mol. The number of nitrogens with zero attached hydrogens (tertiary/aromatic N) is 1. The Morgan fingerprint density at radius 1 is 1.21 bits per heavy atom. The predicted octanol–water partition coefficient (Wildman–Crippen LogP) is 3.91. The van der Waals surface area contributed by atoms with E-state index in [2.05, 4.69) is 44.8 Å². The Morgan fingerprint density at radius 3 is 2.47 bits per heavy atom. The van der Waals surface area contributed by atoms with Gasteiger partial charge in [0.1, 0.15) is 0 Å². The summed E-state index contributed by atoms with van der Waals surface area (Å²) in [4.78, 5) is 2.78. The van der Waals surface area contributed by atoms with Crippen molar-refractivity contribution >= 4 is 0 Å². The van der Waals surface area contributed by atoms with E-state index in [-0.39, 0.29) is 0 Å². The first kappa shape index (κ1) is 17.0. The van der Waals surface area contributed by atoms with Crippen molar-refractivity contribution in [3.05, 3.63) is 0 Å². The molecule has 0 radical (unpaired) electrons. The molecule has 1 saturated heterocycles. The van der Waals surface area contributed by atoms with Gasteiger partial charge in [0.2, 0.25) is 0 Å². The quantitative estimate of drug-likeness (QED) is 0.718. The standard InChI is InChI=1S/C17H36N2/c1-6-9-10-15(7-2)12-19-13-17(14(4)5)18-11-16(19)8-3/h14-18H,6-13H2,1-5H3. The summed E-state index contributed by atoms with van der Waals surface area (Å²) in [5, 5.41) is 3.74. The second kappa shape index (κ2) is 8.97. The van der Waals surface area contributed by atoms with Crippen LogP contribution in [0.3, 0.4) is 0 Å². The van der Waals surface area contributed by atoms with Gasteiger partial charge in [-0.1, -0.05) is 53.9 Å². The average molecular weight is 268 g/mol. The number of piperazine rings is 1. The minimum atomic E-state index is 0.687. The lowest BCUT2D eigenvalue weighted by atomic mass is 9.94. The molecule has 1 aliphatic rings. The largest absolute Gasteiger partial charge is 0.311 e. The second-order valence-corrected chi connectivity index (χ2v) is 6.69. The normalized spacial score (nSPS) is 26.8. The van der Waals surface area contributed by atoms with Gasteiger partial charge < -0.3 is 5.32 Å². The van der Waals surface area contributed by atoms with E-state index in [1.54, 1.807) is 0 Å². The lowest BCUT2D eigenvalue weighted by molar-refractivity contribution is 0.0896. The maximum absolute atomic E-state index is 3.74. The van der Waals surface area contributed by atoms with E-state index in [1.807, 2.05) is 0 Å². The van der Waals surface area contributed by atoms with Crippen LogP contribution in [0, 0.1) is 11.8 Å². The van der Waals surface area contributed by atoms with Crippen molar-refractivity contribution in [1.29, 1.82) is 0 Å². The molecule has 1 N–H and O–H groups in total. The van der Waals surface area contributed by atoms with Crippen molar-refractivity contribution in [2.75, 3.05) is 19.6 Å². The summed E-state index contributed by atoms with van der Waals surface area (Å²) in [5.41, 5.74) is 0. The first-order chi connectivity index (χ1) is 9.12. The summed E-state index contributed by atoms with van der Waals surface area (Å²) in [6.45, 7) is 15.4. The van der Waals surface area contributed by atoms with Crippen LogP contribution in [0.15, 0.2) is 0 Å². The Kier molecular flexibility index (Phi) is 8.01. The third-order valence-electron chi connectivity index (χ3n) is 4.88. The van der Waals surface area contributed by atoms with Crippen molar-refractivity contribution in [3.63, 3.8) is 0 Å². The summed E-state index contributed by atoms with van der Waals surface area (Å²) >= 11 is 0. The molecule has 2 heteroatoms. The van der Waals surface area contributed by atoms with Gasteiger partial charge in [-0.15, -0.1) is 0 Å². The highest BCUT2D eigenvalue weighted by Gasteiger charge is 2.29. The number of hydrogen-bond acceptors (Lipinski definition) is 2. The van der Waals surface area contributed by atoms with Gasteiger partial charge in [0, 0.05) is 31.7 Å². The molecule has 0 aliphatic carbocycles. The zero-order chi connectivity index (χ0) is 14.3. The van der Waals surface area contributed by atoms with E-state index in [0.29, 0.717) is 6.04 Å². The van der Waals surface area contributed by atoms with Gasteiger partial charge in [0.05, 0.1) is 0 Å². The Bertz CT molecular complexity index is 227. The number of hydrogen-bond donors (Lipinski definition) is 1. The van der Waals surface area contributed by atoms with Crippen molar-refractivity contribution in [3.8, 4) is 0 Å². The fourth-order valence-corrected chi connectivity index (χ4v) is 3.20. The number of nitrogens with one attached hydrogen (secondary N) is 1. The molecule has 1 aliphatic heterocycles. The van der Waals surface area contributed by atoms with Crippen LogP contribution >= 0.6 is 0 Å². The van der Waals surface area contributed by atoms with Gasteiger partial charge in [-0.25, -0.2) is 0 Å². The van der Waals surface area contributed by atoms with Gasteiger partial charge in [-0.05, 0) is 24.7 Å². The fraction of sp³-hybridized carbons (Fsp3) is 1.00. The molecule has 0 aromatic carbocycles. The lowest BCUT2D eigenvalue weighted by Crippen LogP contribution is -2.58. The maximum atomic E-state index is 3.74. The van der Waals surface area contributed by atoms with Crippen LogP contribution in [0.5, 0.6) is 0 Å². The third kappa shape index (κ3) is 5.43. The minimum absolute atomic E-state index is 0.687. The van der Waals surface area contributed by atoms with Crippen molar-refractivity contribution in [2.45, 2.75) is 78.8 Å². The van der Waals surface area contributed by atoms with Crippen molar-refractivity contribution in [2.24, 2.45) is 11.8 Å². The molecule has 0 aromatic heterocycles. The zero-order valence-corrected chi connectivity index (χ0v) is 13.9. The molecule has 0 amide bonds. The Labute approximate surface area is 121 Å². The van der Waals surface area contributed by atoms with Crippen LogP contribution in [0.2, 0.25) is 0 Å². The number of rotatable bonds is 8. The topological polar surface area (TPSA) is 15.3 Å². The molecule has 1 heterocycles. The van der Waals surface area contributed by atoms with E-state index in [1.165, 1.54) is 51.7 Å². The average Bonchev–Trinajstić information content (AvgIpc) is 2.43. The monoisotopic (exact) mass is 268 g/mol. The third-order valence-corrected chi connectivity index (χ3v) is 4.88. The summed E-state index contributed by atoms with van der Waals surface area (Å²) in [7, 11) is 0. The molecule has 0 bridgehead atoms. The molecule has 114 valence electrons. The van der Waals surface area contributed by atoms with Crippen LogP contribution < -0.4 is 5.32 Å². The summed E-state index contributed by atoms with van der Waals surface area (Å²) in [6.07, 6.45) is 6.77. The van der Waals surface area contributed by atoms with Gasteiger partial charge in [0.25, 0.3) is 0 Å². The first-order valence-electron chi connectivity index (χ1n) is 8.59. The van der Waals surface area contributed by atoms with Gasteiger partial charge in [-0.2, -0.15) is 0 Å². The van der Waals surface area contributed by atoms with E-state index in [0.717, 1.165) is 17.9 Å². The van der Waals surface area contributed by atoms with Crippen molar-refractivity contribution < 1.29 is 0 Å². The molecule has 19 heavy (non-hydrogen) atoms. The van der Waals surface area contributed by atoms with Crippen LogP contribution in [0.25, 0.3) is 0 Å². The molecule has 2 nitrogen and oxygen atoms in total. The Hall–Kier alpha value is -0.0800. The summed E-state index contributed by atoms with van der Waals surface area (Å²) in [6, 6.07) is 1.44. The lowest BCUT2D eigenvalue weighted by Gasteiger charge is -2.43. The van der Waals surface area contributed by atoms with Gasteiger partial charge in [-0.3, -0.25) is 4.90 Å². The highest BCUT2D eigenvalue weighted by molar-refractivity contribution is 4.87. The van der Waals surface area contributed by atoms with E-state index < -0.39 is 0 Å². The van der Waals surface area contributed by atoms with Gasteiger partial charge >= 0.3 is 0 Å². The molecule has 3 atom stereocenters. The maximum Gasteiger partial charge on any atom is 0.0218 e. The zero-order valence-electron chi connectivity index (χ0n) is 13.9. The van der Waals surface area contributed by atoms with Crippen LogP contribution in [0.1, 0.15) is 66.7 Å². The minimum Gasteiger partial charge on any atom is -0.311 e. The van der Waals surface area contributed by atoms with Crippen LogP contribution in [-0.4, -0.2) is 36.6 Å². The molecule has 0 aromatic rings. The molecule has 0 saturated carbocycles. The Morgan fingerprint density at radius 2 is 1.95 bits per heavy atom. The molecule has 3 unspecified atom stereocenters. The molecular formula is C17H36N2. The highest BCUT2D eigenvalue weighted by Crippen LogP contribution is 2.20. The van der Waals surface area contributed by atoms with Crippen molar-refractivity contribution in [1.82, 2.24) is 10.2 Å². The van der Waals surface area contributed by atoms with Crippen LogP contribution in [0.4, 0.5) is 0 Å². The summed E-state index contributed by atoms with van der Waals surface area (Å²) in [5.74, 6) is 1.65. The predicted molar refractivity (Wildman–Crippen MR) is 85.6 cm³/mol. The van der Waals surface area contributed by atoms with Gasteiger partial charge in [0.15, 0.2) is 0 Å². The molecule has 1 fully saturated rings. The number of unbranched alkanes of at least 4 members (excludes halogenated alkanes) is 1. The fourth-order valence-electron chi connectivity index (χ4n) is 3.20. The SMILES string of the molecule is CCCCC(CC)CN1CC(C(C)C)NCC1CC. The summed E-state index contributed by atoms with van der Waals surface area (Å²) < 4.78 is 0. The highest BCUT2D eigenvalue weighted by atomic mass is 15.2. The second-order valence-electron chi connectivity index (χ2n) is 6.69. The smallest absolute Gasteiger partial charge is 0.0218 e. The molecule has 1 rings (SSSR count). The van der Waals surface area contributed by atoms with E-state index in [9.17, 15) is 0 Å². The molecule has 0 spiro atoms. The van der Waals surface area contributed by atoms with E-state index in [4.69, 9.17) is 0 Å². The Balaban J connectivity index is 2.53.